The van der Waals surface area contributed by atoms with Crippen molar-refractivity contribution in [3.63, 3.8) is 0 Å². The first-order valence-corrected chi connectivity index (χ1v) is 6.27. The Morgan fingerprint density at radius 3 is 2.93 bits per heavy atom. The quantitative estimate of drug-likeness (QED) is 0.615. The summed E-state index contributed by atoms with van der Waals surface area (Å²) in [5, 5.41) is 0. The van der Waals surface area contributed by atoms with Gasteiger partial charge in [-0.1, -0.05) is 19.8 Å². The second kappa shape index (κ2) is 6.76. The molecule has 1 aliphatic heterocycles. The predicted octanol–water partition coefficient (Wildman–Crippen LogP) is 3.54. The molecule has 1 unspecified atom stereocenters. The van der Waals surface area contributed by atoms with Crippen molar-refractivity contribution >= 4 is 11.5 Å². The first-order valence-electron chi connectivity index (χ1n) is 6.27. The van der Waals surface area contributed by atoms with Gasteiger partial charge in [0.2, 0.25) is 0 Å². The smallest absolute Gasteiger partial charge is 0.131 e. The first-order chi connectivity index (χ1) is 7.22. The number of carbonyl (C=O) groups excluding carboxylic acids is 1. The van der Waals surface area contributed by atoms with E-state index in [1.807, 2.05) is 0 Å². The van der Waals surface area contributed by atoms with Gasteiger partial charge in [-0.15, -0.1) is 0 Å². The second-order valence-electron chi connectivity index (χ2n) is 4.60. The number of ketones is 1. The maximum atomic E-state index is 11.0. The predicted molar refractivity (Wildman–Crippen MR) is 64.5 cm³/mol. The molecule has 1 atom stereocenters. The molecule has 0 N–H and O–H groups in total. The largest absolute Gasteiger partial charge is 0.300 e. The van der Waals surface area contributed by atoms with Crippen LogP contribution in [0, 0.1) is 0 Å². The zero-order valence-corrected chi connectivity index (χ0v) is 10.1. The topological polar surface area (TPSA) is 29.4 Å². The van der Waals surface area contributed by atoms with E-state index in [1.165, 1.54) is 31.4 Å². The van der Waals surface area contributed by atoms with Crippen LogP contribution in [0.5, 0.6) is 0 Å². The summed E-state index contributed by atoms with van der Waals surface area (Å²) in [5.74, 6) is 0.276. The Hall–Kier alpha value is -0.660. The van der Waals surface area contributed by atoms with Gasteiger partial charge >= 0.3 is 0 Å². The van der Waals surface area contributed by atoms with Gasteiger partial charge < -0.3 is 0 Å². The monoisotopic (exact) mass is 209 g/mol. The van der Waals surface area contributed by atoms with E-state index in [9.17, 15) is 4.79 Å². The number of rotatable bonds is 6. The number of Topliss-reactive ketones (excluding diaryl/α,β-unsaturated/α-hetero) is 1. The zero-order valence-electron chi connectivity index (χ0n) is 10.1. The van der Waals surface area contributed by atoms with Crippen molar-refractivity contribution in [2.75, 3.05) is 0 Å². The number of unbranched alkanes of at least 4 members (excludes halogenated alkanes) is 2. The maximum Gasteiger partial charge on any atom is 0.131 e. The van der Waals surface area contributed by atoms with E-state index in [1.54, 1.807) is 6.92 Å². The molecule has 0 bridgehead atoms. The van der Waals surface area contributed by atoms with Crippen LogP contribution in [0.1, 0.15) is 65.2 Å². The molecule has 1 rings (SSSR count). The third kappa shape index (κ3) is 5.10. The summed E-state index contributed by atoms with van der Waals surface area (Å²) in [6, 6.07) is 0.299. The molecule has 0 fully saturated rings. The lowest BCUT2D eigenvalue weighted by molar-refractivity contribution is -0.117. The Labute approximate surface area is 93.2 Å². The van der Waals surface area contributed by atoms with Crippen LogP contribution in [0.15, 0.2) is 4.99 Å². The van der Waals surface area contributed by atoms with Gasteiger partial charge in [-0.25, -0.2) is 0 Å². The highest BCUT2D eigenvalue weighted by Gasteiger charge is 2.15. The number of nitrogens with zero attached hydrogens (tertiary/aromatic N) is 1. The minimum Gasteiger partial charge on any atom is -0.300 e. The molecule has 2 nitrogen and oxygen atoms in total. The molecule has 1 aliphatic rings. The van der Waals surface area contributed by atoms with Crippen molar-refractivity contribution in [1.82, 2.24) is 0 Å². The molecule has 0 saturated carbocycles. The van der Waals surface area contributed by atoms with E-state index in [2.05, 4.69) is 11.9 Å². The van der Waals surface area contributed by atoms with Gasteiger partial charge in [0.25, 0.3) is 0 Å². The van der Waals surface area contributed by atoms with Crippen LogP contribution in [0.3, 0.4) is 0 Å². The van der Waals surface area contributed by atoms with Crippen LogP contribution in [-0.2, 0) is 4.79 Å². The summed E-state index contributed by atoms with van der Waals surface area (Å²) in [4.78, 5) is 15.7. The second-order valence-corrected chi connectivity index (χ2v) is 4.60. The normalized spacial score (nSPS) is 21.2. The fraction of sp³-hybridized carbons (Fsp3) is 0.846. The SMILES string of the molecule is CCCCCC1=NC(CC(C)=O)CCC1. The Bertz CT molecular complexity index is 233. The number of aliphatic imine (C=N–C) groups is 1. The summed E-state index contributed by atoms with van der Waals surface area (Å²) in [7, 11) is 0. The summed E-state index contributed by atoms with van der Waals surface area (Å²) in [6.07, 6.45) is 9.14. The van der Waals surface area contributed by atoms with Crippen molar-refractivity contribution in [3.8, 4) is 0 Å². The first kappa shape index (κ1) is 12.4. The Balaban J connectivity index is 2.35. The van der Waals surface area contributed by atoms with E-state index in [0.29, 0.717) is 12.5 Å². The Morgan fingerprint density at radius 1 is 1.47 bits per heavy atom. The van der Waals surface area contributed by atoms with Gasteiger partial charge in [-0.05, 0) is 39.0 Å². The standard InChI is InChI=1S/C13H23NO/c1-3-4-5-7-12-8-6-9-13(14-12)10-11(2)15/h13H,3-10H2,1-2H3. The highest BCUT2D eigenvalue weighted by Crippen LogP contribution is 2.19. The highest BCUT2D eigenvalue weighted by molar-refractivity contribution is 5.85. The van der Waals surface area contributed by atoms with E-state index in [4.69, 9.17) is 0 Å². The van der Waals surface area contributed by atoms with Crippen molar-refractivity contribution in [3.05, 3.63) is 0 Å². The lowest BCUT2D eigenvalue weighted by Crippen LogP contribution is -2.18. The summed E-state index contributed by atoms with van der Waals surface area (Å²) in [5.41, 5.74) is 1.36. The van der Waals surface area contributed by atoms with Gasteiger partial charge in [0.15, 0.2) is 0 Å². The van der Waals surface area contributed by atoms with Crippen LogP contribution < -0.4 is 0 Å². The van der Waals surface area contributed by atoms with E-state index in [0.717, 1.165) is 19.3 Å². The highest BCUT2D eigenvalue weighted by atomic mass is 16.1. The van der Waals surface area contributed by atoms with Crippen LogP contribution in [0.2, 0.25) is 0 Å². The van der Waals surface area contributed by atoms with Crippen molar-refractivity contribution in [2.24, 2.45) is 4.99 Å². The average Bonchev–Trinajstić information content (AvgIpc) is 2.18. The summed E-state index contributed by atoms with van der Waals surface area (Å²) in [6.45, 7) is 3.89. The third-order valence-corrected chi connectivity index (χ3v) is 2.96. The van der Waals surface area contributed by atoms with Gasteiger partial charge in [0.05, 0.1) is 6.04 Å². The van der Waals surface area contributed by atoms with Crippen molar-refractivity contribution in [2.45, 2.75) is 71.3 Å². The number of carbonyl (C=O) groups is 1. The molecule has 86 valence electrons. The molecular weight excluding hydrogens is 186 g/mol. The van der Waals surface area contributed by atoms with Gasteiger partial charge in [0, 0.05) is 12.1 Å². The van der Waals surface area contributed by atoms with Gasteiger partial charge in [-0.2, -0.15) is 0 Å². The Kier molecular flexibility index (Phi) is 5.59. The lowest BCUT2D eigenvalue weighted by atomic mass is 9.97. The maximum absolute atomic E-state index is 11.0. The van der Waals surface area contributed by atoms with Crippen LogP contribution in [0.4, 0.5) is 0 Å². The lowest BCUT2D eigenvalue weighted by Gasteiger charge is -2.19. The number of hydrogen-bond acceptors (Lipinski definition) is 2. The fourth-order valence-corrected chi connectivity index (χ4v) is 2.18. The average molecular weight is 209 g/mol. The van der Waals surface area contributed by atoms with E-state index < -0.39 is 0 Å². The zero-order chi connectivity index (χ0) is 11.1. The number of hydrogen-bond donors (Lipinski definition) is 0. The Morgan fingerprint density at radius 2 is 2.27 bits per heavy atom. The molecular formula is C13H23NO. The van der Waals surface area contributed by atoms with Crippen LogP contribution in [-0.4, -0.2) is 17.5 Å². The van der Waals surface area contributed by atoms with Crippen LogP contribution >= 0.6 is 0 Å². The van der Waals surface area contributed by atoms with Crippen molar-refractivity contribution < 1.29 is 4.79 Å². The molecule has 0 saturated heterocycles. The molecule has 0 aromatic rings. The van der Waals surface area contributed by atoms with Crippen LogP contribution in [0.25, 0.3) is 0 Å². The molecule has 0 amide bonds. The molecule has 15 heavy (non-hydrogen) atoms. The van der Waals surface area contributed by atoms with Gasteiger partial charge in [0.1, 0.15) is 5.78 Å². The summed E-state index contributed by atoms with van der Waals surface area (Å²) >= 11 is 0. The molecule has 0 spiro atoms. The van der Waals surface area contributed by atoms with E-state index >= 15 is 0 Å². The fourth-order valence-electron chi connectivity index (χ4n) is 2.18. The third-order valence-electron chi connectivity index (χ3n) is 2.96. The molecule has 0 aromatic heterocycles. The van der Waals surface area contributed by atoms with E-state index in [-0.39, 0.29) is 5.78 Å². The summed E-state index contributed by atoms with van der Waals surface area (Å²) < 4.78 is 0. The minimum absolute atomic E-state index is 0.276. The van der Waals surface area contributed by atoms with Crippen molar-refractivity contribution in [1.29, 1.82) is 0 Å². The molecule has 2 heteroatoms. The van der Waals surface area contributed by atoms with Gasteiger partial charge in [-0.3, -0.25) is 9.79 Å². The molecule has 0 aromatic carbocycles. The molecule has 0 radical (unpaired) electrons. The molecule has 1 heterocycles. The minimum atomic E-state index is 0.276. The molecule has 0 aliphatic carbocycles.